The van der Waals surface area contributed by atoms with Crippen LogP contribution in [-0.2, 0) is 9.53 Å². The summed E-state index contributed by atoms with van der Waals surface area (Å²) in [6.07, 6.45) is 0.802. The molecule has 0 saturated carbocycles. The Kier molecular flexibility index (Phi) is 5.28. The number of ether oxygens (including phenoxy) is 1. The summed E-state index contributed by atoms with van der Waals surface area (Å²) in [6, 6.07) is 3.87. The molecule has 3 heterocycles. The summed E-state index contributed by atoms with van der Waals surface area (Å²) < 4.78 is 7.03. The second-order valence-electron chi connectivity index (χ2n) is 6.28. The maximum atomic E-state index is 11.9. The first-order chi connectivity index (χ1) is 12.0. The number of amides is 1. The van der Waals surface area contributed by atoms with Crippen LogP contribution < -0.4 is 10.6 Å². The van der Waals surface area contributed by atoms with Gasteiger partial charge in [-0.25, -0.2) is 14.6 Å². The van der Waals surface area contributed by atoms with Crippen LogP contribution in [0.4, 0.5) is 5.82 Å². The molecule has 3 rings (SSSR count). The number of rotatable bonds is 6. The Morgan fingerprint density at radius 3 is 2.80 bits per heavy atom. The maximum Gasteiger partial charge on any atom is 0.225 e. The minimum Gasteiger partial charge on any atom is -0.381 e. The Labute approximate surface area is 147 Å². The van der Waals surface area contributed by atoms with Crippen LogP contribution in [0, 0.1) is 26.7 Å². The highest BCUT2D eigenvalue weighted by Crippen LogP contribution is 2.14. The quantitative estimate of drug-likeness (QED) is 0.764. The standard InChI is InChI=1S/C17H24N6O2/c1-11-8-12(2)23(22-11)16-9-15(20-13(3)21-16)18-5-6-19-17(24)14-4-7-25-10-14/h8-9,14H,4-7,10H2,1-3H3,(H,19,24)(H,18,20,21)/t14-/m0/s1. The first kappa shape index (κ1) is 17.3. The summed E-state index contributed by atoms with van der Waals surface area (Å²) in [6.45, 7) is 8.12. The van der Waals surface area contributed by atoms with Gasteiger partial charge in [0.25, 0.3) is 0 Å². The van der Waals surface area contributed by atoms with Crippen molar-refractivity contribution in [2.24, 2.45) is 5.92 Å². The van der Waals surface area contributed by atoms with E-state index in [2.05, 4.69) is 25.7 Å². The fourth-order valence-corrected chi connectivity index (χ4v) is 2.87. The fraction of sp³-hybridized carbons (Fsp3) is 0.529. The minimum atomic E-state index is -0.0149. The van der Waals surface area contributed by atoms with E-state index >= 15 is 0 Å². The summed E-state index contributed by atoms with van der Waals surface area (Å²) in [5.41, 5.74) is 1.97. The lowest BCUT2D eigenvalue weighted by atomic mass is 10.1. The third-order valence-electron chi connectivity index (χ3n) is 4.08. The van der Waals surface area contributed by atoms with Gasteiger partial charge in [-0.3, -0.25) is 4.79 Å². The van der Waals surface area contributed by atoms with E-state index in [0.717, 1.165) is 23.6 Å². The molecule has 25 heavy (non-hydrogen) atoms. The summed E-state index contributed by atoms with van der Waals surface area (Å²) >= 11 is 0. The van der Waals surface area contributed by atoms with Gasteiger partial charge < -0.3 is 15.4 Å². The summed E-state index contributed by atoms with van der Waals surface area (Å²) in [4.78, 5) is 20.8. The van der Waals surface area contributed by atoms with Crippen molar-refractivity contribution in [3.8, 4) is 5.82 Å². The number of nitrogens with zero attached hydrogens (tertiary/aromatic N) is 4. The van der Waals surface area contributed by atoms with Gasteiger partial charge in [-0.15, -0.1) is 0 Å². The summed E-state index contributed by atoms with van der Waals surface area (Å²) in [5.74, 6) is 2.15. The van der Waals surface area contributed by atoms with E-state index in [1.165, 1.54) is 0 Å². The van der Waals surface area contributed by atoms with Gasteiger partial charge in [-0.05, 0) is 33.3 Å². The molecule has 2 aromatic rings. The van der Waals surface area contributed by atoms with Crippen LogP contribution in [0.25, 0.3) is 5.82 Å². The van der Waals surface area contributed by atoms with Crippen LogP contribution in [0.15, 0.2) is 12.1 Å². The van der Waals surface area contributed by atoms with Crippen molar-refractivity contribution in [3.05, 3.63) is 29.3 Å². The smallest absolute Gasteiger partial charge is 0.225 e. The highest BCUT2D eigenvalue weighted by molar-refractivity contribution is 5.79. The third kappa shape index (κ3) is 4.33. The fourth-order valence-electron chi connectivity index (χ4n) is 2.87. The van der Waals surface area contributed by atoms with E-state index in [9.17, 15) is 4.79 Å². The third-order valence-corrected chi connectivity index (χ3v) is 4.08. The molecule has 1 aliphatic heterocycles. The molecule has 1 amide bonds. The predicted octanol–water partition coefficient (Wildman–Crippen LogP) is 1.15. The monoisotopic (exact) mass is 344 g/mol. The molecule has 8 nitrogen and oxygen atoms in total. The lowest BCUT2D eigenvalue weighted by Gasteiger charge is -2.11. The Morgan fingerprint density at radius 2 is 2.12 bits per heavy atom. The summed E-state index contributed by atoms with van der Waals surface area (Å²) in [7, 11) is 0. The van der Waals surface area contributed by atoms with Crippen molar-refractivity contribution >= 4 is 11.7 Å². The Bertz CT molecular complexity index is 752. The van der Waals surface area contributed by atoms with Crippen LogP contribution in [0.5, 0.6) is 0 Å². The van der Waals surface area contributed by atoms with Crippen LogP contribution >= 0.6 is 0 Å². The number of hydrogen-bond donors (Lipinski definition) is 2. The molecule has 0 aliphatic carbocycles. The van der Waals surface area contributed by atoms with Crippen molar-refractivity contribution in [3.63, 3.8) is 0 Å². The van der Waals surface area contributed by atoms with Gasteiger partial charge in [0.05, 0.1) is 18.2 Å². The van der Waals surface area contributed by atoms with E-state index < -0.39 is 0 Å². The molecule has 0 unspecified atom stereocenters. The Morgan fingerprint density at radius 1 is 1.28 bits per heavy atom. The molecule has 1 atom stereocenters. The van der Waals surface area contributed by atoms with E-state index in [1.54, 1.807) is 4.68 Å². The second-order valence-corrected chi connectivity index (χ2v) is 6.28. The molecule has 1 saturated heterocycles. The van der Waals surface area contributed by atoms with Crippen LogP contribution in [-0.4, -0.2) is 52.0 Å². The Balaban J connectivity index is 1.57. The number of anilines is 1. The van der Waals surface area contributed by atoms with Crippen LogP contribution in [0.3, 0.4) is 0 Å². The van der Waals surface area contributed by atoms with Crippen molar-refractivity contribution in [1.29, 1.82) is 0 Å². The molecule has 0 aromatic carbocycles. The molecule has 134 valence electrons. The second kappa shape index (κ2) is 7.60. The maximum absolute atomic E-state index is 11.9. The lowest BCUT2D eigenvalue weighted by molar-refractivity contribution is -0.124. The van der Waals surface area contributed by atoms with Gasteiger partial charge in [0, 0.05) is 31.5 Å². The van der Waals surface area contributed by atoms with Gasteiger partial charge in [0.15, 0.2) is 5.82 Å². The molecule has 2 N–H and O–H groups in total. The molecular weight excluding hydrogens is 320 g/mol. The molecule has 2 aromatic heterocycles. The number of aromatic nitrogens is 4. The van der Waals surface area contributed by atoms with Crippen molar-refractivity contribution in [2.45, 2.75) is 27.2 Å². The molecule has 1 fully saturated rings. The van der Waals surface area contributed by atoms with Crippen molar-refractivity contribution in [2.75, 3.05) is 31.6 Å². The Hall–Kier alpha value is -2.48. The van der Waals surface area contributed by atoms with E-state index in [0.29, 0.717) is 37.9 Å². The normalized spacial score (nSPS) is 16.8. The average Bonchev–Trinajstić information content (AvgIpc) is 3.20. The molecule has 1 aliphatic rings. The van der Waals surface area contributed by atoms with Crippen molar-refractivity contribution in [1.82, 2.24) is 25.1 Å². The molecule has 0 radical (unpaired) electrons. The number of carbonyl (C=O) groups is 1. The van der Waals surface area contributed by atoms with Crippen molar-refractivity contribution < 1.29 is 9.53 Å². The van der Waals surface area contributed by atoms with Gasteiger partial charge in [-0.2, -0.15) is 5.10 Å². The zero-order chi connectivity index (χ0) is 17.8. The van der Waals surface area contributed by atoms with E-state index in [-0.39, 0.29) is 11.8 Å². The zero-order valence-corrected chi connectivity index (χ0v) is 14.9. The molecule has 0 spiro atoms. The highest BCUT2D eigenvalue weighted by atomic mass is 16.5. The van der Waals surface area contributed by atoms with Gasteiger partial charge in [-0.1, -0.05) is 0 Å². The van der Waals surface area contributed by atoms with Gasteiger partial charge in [0.1, 0.15) is 11.6 Å². The summed E-state index contributed by atoms with van der Waals surface area (Å²) in [5, 5.41) is 10.6. The van der Waals surface area contributed by atoms with Gasteiger partial charge in [0.2, 0.25) is 5.91 Å². The van der Waals surface area contributed by atoms with Gasteiger partial charge >= 0.3 is 0 Å². The first-order valence-corrected chi connectivity index (χ1v) is 8.51. The SMILES string of the molecule is Cc1cc(C)n(-c2cc(NCCNC(=O)[C@H]3CCOC3)nc(C)n2)n1. The minimum absolute atomic E-state index is 0.0149. The number of carbonyl (C=O) groups excluding carboxylic acids is 1. The largest absolute Gasteiger partial charge is 0.381 e. The molecule has 0 bridgehead atoms. The number of nitrogens with one attached hydrogen (secondary N) is 2. The highest BCUT2D eigenvalue weighted by Gasteiger charge is 2.22. The number of aryl methyl sites for hydroxylation is 3. The topological polar surface area (TPSA) is 94.0 Å². The van der Waals surface area contributed by atoms with Crippen LogP contribution in [0.2, 0.25) is 0 Å². The lowest BCUT2D eigenvalue weighted by Crippen LogP contribution is -2.34. The van der Waals surface area contributed by atoms with Crippen LogP contribution in [0.1, 0.15) is 23.6 Å². The number of hydrogen-bond acceptors (Lipinski definition) is 6. The van der Waals surface area contributed by atoms with E-state index in [1.807, 2.05) is 32.9 Å². The molecule has 8 heteroatoms. The first-order valence-electron chi connectivity index (χ1n) is 8.51. The predicted molar refractivity (Wildman–Crippen MR) is 93.8 cm³/mol. The average molecular weight is 344 g/mol. The molecular formula is C17H24N6O2. The van der Waals surface area contributed by atoms with E-state index in [4.69, 9.17) is 4.74 Å². The zero-order valence-electron chi connectivity index (χ0n) is 14.9.